The average molecular weight is 397 g/mol. The first-order valence-corrected chi connectivity index (χ1v) is 10.7. The Labute approximate surface area is 179 Å². The lowest BCUT2D eigenvalue weighted by Gasteiger charge is -2.14. The van der Waals surface area contributed by atoms with E-state index in [1.54, 1.807) is 0 Å². The highest BCUT2D eigenvalue weighted by atomic mass is 14.9. The highest BCUT2D eigenvalue weighted by Gasteiger charge is 2.24. The summed E-state index contributed by atoms with van der Waals surface area (Å²) < 4.78 is 2.30. The average Bonchev–Trinajstić information content (AvgIpc) is 2.71. The van der Waals surface area contributed by atoms with Gasteiger partial charge in [0.1, 0.15) is 7.05 Å². The summed E-state index contributed by atoms with van der Waals surface area (Å²) in [6.07, 6.45) is 4.81. The van der Waals surface area contributed by atoms with Gasteiger partial charge in [0.05, 0.1) is 28.7 Å². The molecule has 0 unspecified atom stereocenters. The van der Waals surface area contributed by atoms with Crippen molar-refractivity contribution in [1.29, 1.82) is 0 Å². The predicted octanol–water partition coefficient (Wildman–Crippen LogP) is 5.91. The molecule has 3 nitrogen and oxygen atoms in total. The van der Waals surface area contributed by atoms with E-state index in [1.165, 1.54) is 38.9 Å². The lowest BCUT2D eigenvalue weighted by atomic mass is 9.93. The molecule has 0 bridgehead atoms. The quantitative estimate of drug-likeness (QED) is 0.401. The molecule has 0 N–H and O–H groups in total. The van der Waals surface area contributed by atoms with Crippen LogP contribution in [0.2, 0.25) is 0 Å². The standard InChI is InChI=1S/C27H30N3/c1-17(2)11-22-15-29-25(16-28-22)24-14-21-9-7-8-10-26(21)30(6)27(24)23-13-18(3)12-19(4)20(23)5/h7-10,12-17H,11H2,1-6H3/q+1. The van der Waals surface area contributed by atoms with Crippen LogP contribution in [0.15, 0.2) is 54.9 Å². The molecule has 2 heterocycles. The minimum atomic E-state index is 0.567. The Morgan fingerprint density at radius 2 is 1.67 bits per heavy atom. The third kappa shape index (κ3) is 3.72. The largest absolute Gasteiger partial charge is 0.257 e. The van der Waals surface area contributed by atoms with Crippen molar-refractivity contribution in [2.24, 2.45) is 13.0 Å². The molecule has 0 fully saturated rings. The fraction of sp³-hybridized carbons (Fsp3) is 0.296. The number of aromatic nitrogens is 3. The second kappa shape index (κ2) is 7.98. The highest BCUT2D eigenvalue weighted by molar-refractivity contribution is 5.88. The number of nitrogens with zero attached hydrogens (tertiary/aromatic N) is 3. The van der Waals surface area contributed by atoms with Gasteiger partial charge in [-0.05, 0) is 62.4 Å². The van der Waals surface area contributed by atoms with Crippen LogP contribution in [0.5, 0.6) is 0 Å². The van der Waals surface area contributed by atoms with Gasteiger partial charge in [-0.25, -0.2) is 0 Å². The maximum atomic E-state index is 4.83. The molecule has 4 rings (SSSR count). The van der Waals surface area contributed by atoms with Gasteiger partial charge in [0.2, 0.25) is 11.2 Å². The molecule has 152 valence electrons. The molecule has 0 saturated carbocycles. The van der Waals surface area contributed by atoms with Crippen LogP contribution >= 0.6 is 0 Å². The molecule has 4 aromatic rings. The second-order valence-electron chi connectivity index (χ2n) is 8.77. The molecule has 0 spiro atoms. The molecule has 0 aliphatic rings. The maximum absolute atomic E-state index is 4.83. The summed E-state index contributed by atoms with van der Waals surface area (Å²) in [6, 6.07) is 15.3. The van der Waals surface area contributed by atoms with Crippen molar-refractivity contribution in [1.82, 2.24) is 9.97 Å². The number of hydrogen-bond acceptors (Lipinski definition) is 2. The van der Waals surface area contributed by atoms with E-state index in [2.05, 4.69) is 88.7 Å². The monoisotopic (exact) mass is 396 g/mol. The van der Waals surface area contributed by atoms with E-state index in [-0.39, 0.29) is 0 Å². The van der Waals surface area contributed by atoms with Crippen molar-refractivity contribution in [2.45, 2.75) is 41.0 Å². The highest BCUT2D eigenvalue weighted by Crippen LogP contribution is 2.34. The summed E-state index contributed by atoms with van der Waals surface area (Å²) >= 11 is 0. The van der Waals surface area contributed by atoms with Crippen molar-refractivity contribution >= 4 is 10.9 Å². The van der Waals surface area contributed by atoms with Gasteiger partial charge in [0, 0.05) is 17.6 Å². The zero-order valence-corrected chi connectivity index (χ0v) is 18.8. The molecule has 2 aromatic heterocycles. The summed E-state index contributed by atoms with van der Waals surface area (Å²) in [5.41, 5.74) is 10.6. The van der Waals surface area contributed by atoms with E-state index in [0.717, 1.165) is 23.4 Å². The number of aryl methyl sites for hydroxylation is 3. The SMILES string of the molecule is Cc1cc(C)c(C)c(-c2c(-c3cnc(CC(C)C)cn3)cc3ccccc3[n+]2C)c1. The summed E-state index contributed by atoms with van der Waals surface area (Å²) in [6.45, 7) is 11.0. The Balaban J connectivity index is 2.01. The van der Waals surface area contributed by atoms with Crippen molar-refractivity contribution in [2.75, 3.05) is 0 Å². The Morgan fingerprint density at radius 3 is 2.37 bits per heavy atom. The Kier molecular flexibility index (Phi) is 5.38. The zero-order valence-electron chi connectivity index (χ0n) is 18.8. The molecule has 0 saturated heterocycles. The van der Waals surface area contributed by atoms with Crippen LogP contribution in [0.25, 0.3) is 33.4 Å². The molecule has 0 aliphatic heterocycles. The molecule has 0 atom stereocenters. The number of pyridine rings is 1. The molecule has 0 amide bonds. The van der Waals surface area contributed by atoms with Crippen molar-refractivity contribution in [3.63, 3.8) is 0 Å². The fourth-order valence-corrected chi connectivity index (χ4v) is 4.26. The third-order valence-electron chi connectivity index (χ3n) is 5.85. The first kappa shape index (κ1) is 20.2. The topological polar surface area (TPSA) is 29.7 Å². The molecular formula is C27H30N3+. The van der Waals surface area contributed by atoms with Gasteiger partial charge >= 0.3 is 0 Å². The van der Waals surface area contributed by atoms with Crippen molar-refractivity contribution in [3.05, 3.63) is 77.2 Å². The van der Waals surface area contributed by atoms with Gasteiger partial charge in [-0.3, -0.25) is 9.97 Å². The molecule has 2 aromatic carbocycles. The van der Waals surface area contributed by atoms with Gasteiger partial charge in [0.15, 0.2) is 0 Å². The first-order valence-electron chi connectivity index (χ1n) is 10.7. The van der Waals surface area contributed by atoms with Crippen LogP contribution in [-0.4, -0.2) is 9.97 Å². The fourth-order valence-electron chi connectivity index (χ4n) is 4.26. The van der Waals surface area contributed by atoms with E-state index >= 15 is 0 Å². The number of benzene rings is 2. The molecule has 3 heteroatoms. The number of fused-ring (bicyclic) bond motifs is 1. The summed E-state index contributed by atoms with van der Waals surface area (Å²) in [7, 11) is 2.15. The summed E-state index contributed by atoms with van der Waals surface area (Å²) in [4.78, 5) is 9.56. The van der Waals surface area contributed by atoms with Crippen LogP contribution in [-0.2, 0) is 13.5 Å². The second-order valence-corrected chi connectivity index (χ2v) is 8.77. The van der Waals surface area contributed by atoms with Crippen molar-refractivity contribution < 1.29 is 4.57 Å². The van der Waals surface area contributed by atoms with Crippen LogP contribution < -0.4 is 4.57 Å². The van der Waals surface area contributed by atoms with Gasteiger partial charge in [-0.1, -0.05) is 37.6 Å². The van der Waals surface area contributed by atoms with E-state index in [9.17, 15) is 0 Å². The van der Waals surface area contributed by atoms with Gasteiger partial charge in [-0.15, -0.1) is 0 Å². The predicted molar refractivity (Wildman–Crippen MR) is 124 cm³/mol. The van der Waals surface area contributed by atoms with Gasteiger partial charge in [-0.2, -0.15) is 4.57 Å². The normalized spacial score (nSPS) is 11.4. The Hall–Kier alpha value is -3.07. The smallest absolute Gasteiger partial charge is 0.222 e. The first-order chi connectivity index (χ1) is 14.3. The molecule has 0 aliphatic carbocycles. The van der Waals surface area contributed by atoms with Crippen LogP contribution in [0.3, 0.4) is 0 Å². The summed E-state index contributed by atoms with van der Waals surface area (Å²) in [5, 5.41) is 1.20. The van der Waals surface area contributed by atoms with Gasteiger partial charge in [0.25, 0.3) is 0 Å². The minimum absolute atomic E-state index is 0.567. The molecule has 30 heavy (non-hydrogen) atoms. The zero-order chi connectivity index (χ0) is 21.4. The van der Waals surface area contributed by atoms with E-state index in [1.807, 2.05) is 12.4 Å². The number of rotatable bonds is 4. The maximum Gasteiger partial charge on any atom is 0.222 e. The number of para-hydroxylation sites is 1. The summed E-state index contributed by atoms with van der Waals surface area (Å²) in [5.74, 6) is 0.567. The lowest BCUT2D eigenvalue weighted by molar-refractivity contribution is -0.633. The van der Waals surface area contributed by atoms with E-state index in [4.69, 9.17) is 9.97 Å². The van der Waals surface area contributed by atoms with Crippen LogP contribution in [0.4, 0.5) is 0 Å². The number of hydrogen-bond donors (Lipinski definition) is 0. The Bertz CT molecular complexity index is 1220. The van der Waals surface area contributed by atoms with E-state index in [0.29, 0.717) is 5.92 Å². The van der Waals surface area contributed by atoms with E-state index < -0.39 is 0 Å². The lowest BCUT2D eigenvalue weighted by Crippen LogP contribution is -2.33. The van der Waals surface area contributed by atoms with Crippen molar-refractivity contribution in [3.8, 4) is 22.5 Å². The van der Waals surface area contributed by atoms with Crippen LogP contribution in [0.1, 0.15) is 36.2 Å². The molecule has 0 radical (unpaired) electrons. The molecular weight excluding hydrogens is 366 g/mol. The Morgan fingerprint density at radius 1 is 0.900 bits per heavy atom. The minimum Gasteiger partial charge on any atom is -0.257 e. The van der Waals surface area contributed by atoms with Gasteiger partial charge < -0.3 is 0 Å². The third-order valence-corrected chi connectivity index (χ3v) is 5.85. The van der Waals surface area contributed by atoms with Crippen LogP contribution in [0, 0.1) is 26.7 Å².